The largest absolute Gasteiger partial charge is 0.350 e. The number of halogens is 1. The second kappa shape index (κ2) is 7.92. The van der Waals surface area contributed by atoms with Crippen LogP contribution < -0.4 is 10.6 Å². The molecule has 0 atom stereocenters. The van der Waals surface area contributed by atoms with Crippen molar-refractivity contribution in [3.8, 4) is 6.07 Å². The first-order valence-electron chi connectivity index (χ1n) is 9.20. The van der Waals surface area contributed by atoms with E-state index < -0.39 is 0 Å². The minimum atomic E-state index is -0.356. The molecule has 0 unspecified atom stereocenters. The second-order valence-electron chi connectivity index (χ2n) is 7.47. The van der Waals surface area contributed by atoms with Crippen molar-refractivity contribution in [3.63, 3.8) is 0 Å². The van der Waals surface area contributed by atoms with Gasteiger partial charge in [-0.15, -0.1) is 0 Å². The summed E-state index contributed by atoms with van der Waals surface area (Å²) >= 11 is 2.07. The molecule has 0 spiro atoms. The molecule has 28 heavy (non-hydrogen) atoms. The van der Waals surface area contributed by atoms with Crippen molar-refractivity contribution in [3.05, 3.63) is 62.2 Å². The number of carbonyl (C=O) groups is 2. The second-order valence-corrected chi connectivity index (χ2v) is 8.63. The summed E-state index contributed by atoms with van der Waals surface area (Å²) in [7, 11) is 0. The highest BCUT2D eigenvalue weighted by atomic mass is 127. The van der Waals surface area contributed by atoms with Crippen LogP contribution in [0.15, 0.2) is 36.4 Å². The maximum atomic E-state index is 12.9. The van der Waals surface area contributed by atoms with Crippen LogP contribution in [0.25, 0.3) is 0 Å². The average Bonchev–Trinajstić information content (AvgIpc) is 3.43. The molecular weight excluding hydrogens is 465 g/mol. The van der Waals surface area contributed by atoms with Gasteiger partial charge in [0.1, 0.15) is 0 Å². The standard InChI is InChI=1S/C22H22IN3O2/c1-13(2)25-21(28)19-16(5-4-6-17(19)23)20(27)26-18-8-7-15(11-14(18)3)22(12-24)9-10-22/h4-8,11,13H,9-10H2,1-3H3,(H,25,28)(H,26,27). The molecule has 2 aromatic carbocycles. The summed E-state index contributed by atoms with van der Waals surface area (Å²) in [5.41, 5.74) is 2.93. The van der Waals surface area contributed by atoms with E-state index in [0.29, 0.717) is 16.8 Å². The van der Waals surface area contributed by atoms with Gasteiger partial charge in [-0.05, 0) is 85.5 Å². The molecule has 5 nitrogen and oxygen atoms in total. The van der Waals surface area contributed by atoms with E-state index in [9.17, 15) is 14.9 Å². The predicted octanol–water partition coefficient (Wildman–Crippen LogP) is 4.55. The Kier molecular flexibility index (Phi) is 5.75. The highest BCUT2D eigenvalue weighted by molar-refractivity contribution is 14.1. The van der Waals surface area contributed by atoms with Crippen LogP contribution in [0, 0.1) is 21.8 Å². The fraction of sp³-hybridized carbons (Fsp3) is 0.318. The van der Waals surface area contributed by atoms with E-state index in [4.69, 9.17) is 0 Å². The van der Waals surface area contributed by atoms with Crippen molar-refractivity contribution in [2.24, 2.45) is 0 Å². The van der Waals surface area contributed by atoms with Gasteiger partial charge < -0.3 is 10.6 Å². The Morgan fingerprint density at radius 1 is 1.18 bits per heavy atom. The van der Waals surface area contributed by atoms with Crippen molar-refractivity contribution in [1.29, 1.82) is 5.26 Å². The fourth-order valence-electron chi connectivity index (χ4n) is 3.16. The lowest BCUT2D eigenvalue weighted by Crippen LogP contribution is -2.32. The van der Waals surface area contributed by atoms with E-state index >= 15 is 0 Å². The van der Waals surface area contributed by atoms with Crippen LogP contribution in [0.1, 0.15) is 58.5 Å². The maximum absolute atomic E-state index is 12.9. The molecule has 0 bridgehead atoms. The third-order valence-electron chi connectivity index (χ3n) is 4.90. The Morgan fingerprint density at radius 2 is 1.89 bits per heavy atom. The third-order valence-corrected chi connectivity index (χ3v) is 5.80. The van der Waals surface area contributed by atoms with E-state index in [1.807, 2.05) is 45.0 Å². The van der Waals surface area contributed by atoms with Crippen LogP contribution in [0.4, 0.5) is 5.69 Å². The summed E-state index contributed by atoms with van der Waals surface area (Å²) in [6.07, 6.45) is 1.76. The Bertz CT molecular complexity index is 988. The number of amides is 2. The molecule has 1 aliphatic rings. The number of nitrogens with one attached hydrogen (secondary N) is 2. The minimum absolute atomic E-state index is 0.0240. The van der Waals surface area contributed by atoms with Crippen molar-refractivity contribution >= 4 is 40.1 Å². The maximum Gasteiger partial charge on any atom is 0.256 e. The number of aryl methyl sites for hydroxylation is 1. The van der Waals surface area contributed by atoms with Crippen molar-refractivity contribution in [2.45, 2.75) is 45.1 Å². The number of nitrogens with zero attached hydrogens (tertiary/aromatic N) is 1. The molecule has 2 amide bonds. The van der Waals surface area contributed by atoms with E-state index in [-0.39, 0.29) is 23.3 Å². The molecule has 144 valence electrons. The monoisotopic (exact) mass is 487 g/mol. The molecule has 0 saturated heterocycles. The Hall–Kier alpha value is -2.40. The number of benzene rings is 2. The van der Waals surface area contributed by atoms with E-state index in [1.54, 1.807) is 12.1 Å². The molecule has 6 heteroatoms. The molecule has 1 aliphatic carbocycles. The molecule has 0 aromatic heterocycles. The van der Waals surface area contributed by atoms with Gasteiger partial charge in [0.05, 0.1) is 22.6 Å². The molecular formula is C22H22IN3O2. The van der Waals surface area contributed by atoms with Crippen LogP contribution in [-0.2, 0) is 5.41 Å². The van der Waals surface area contributed by atoms with E-state index in [1.165, 1.54) is 0 Å². The highest BCUT2D eigenvalue weighted by Gasteiger charge is 2.44. The summed E-state index contributed by atoms with van der Waals surface area (Å²) in [6, 6.07) is 13.3. The average molecular weight is 487 g/mol. The topological polar surface area (TPSA) is 82.0 Å². The zero-order valence-electron chi connectivity index (χ0n) is 16.1. The minimum Gasteiger partial charge on any atom is -0.350 e. The van der Waals surface area contributed by atoms with Gasteiger partial charge in [0.25, 0.3) is 11.8 Å². The van der Waals surface area contributed by atoms with Gasteiger partial charge in [-0.25, -0.2) is 0 Å². The van der Waals surface area contributed by atoms with E-state index in [0.717, 1.165) is 27.5 Å². The number of rotatable bonds is 5. The summed E-state index contributed by atoms with van der Waals surface area (Å²) < 4.78 is 0.722. The first-order chi connectivity index (χ1) is 13.3. The lowest BCUT2D eigenvalue weighted by atomic mass is 9.95. The lowest BCUT2D eigenvalue weighted by molar-refractivity contribution is 0.0930. The first-order valence-corrected chi connectivity index (χ1v) is 10.3. The van der Waals surface area contributed by atoms with Gasteiger partial charge in [-0.2, -0.15) is 5.26 Å². The number of nitriles is 1. The summed E-state index contributed by atoms with van der Waals surface area (Å²) in [6.45, 7) is 5.67. The smallest absolute Gasteiger partial charge is 0.256 e. The molecule has 1 fully saturated rings. The Morgan fingerprint density at radius 3 is 2.46 bits per heavy atom. The summed E-state index contributed by atoms with van der Waals surface area (Å²) in [5, 5.41) is 15.1. The number of carbonyl (C=O) groups excluding carboxylic acids is 2. The molecule has 2 aromatic rings. The zero-order valence-corrected chi connectivity index (χ0v) is 18.3. The molecule has 1 saturated carbocycles. The van der Waals surface area contributed by atoms with Crippen LogP contribution >= 0.6 is 22.6 Å². The van der Waals surface area contributed by atoms with Crippen molar-refractivity contribution < 1.29 is 9.59 Å². The van der Waals surface area contributed by atoms with Gasteiger partial charge >= 0.3 is 0 Å². The van der Waals surface area contributed by atoms with Crippen LogP contribution in [0.5, 0.6) is 0 Å². The molecule has 0 aliphatic heterocycles. The summed E-state index contributed by atoms with van der Waals surface area (Å²) in [5.74, 6) is -0.591. The Balaban J connectivity index is 1.87. The van der Waals surface area contributed by atoms with Gasteiger partial charge in [0.15, 0.2) is 0 Å². The Labute approximate surface area is 178 Å². The predicted molar refractivity (Wildman–Crippen MR) is 117 cm³/mol. The zero-order chi connectivity index (χ0) is 20.5. The van der Waals surface area contributed by atoms with Gasteiger partial charge in [0.2, 0.25) is 0 Å². The highest BCUT2D eigenvalue weighted by Crippen LogP contribution is 2.48. The molecule has 3 rings (SSSR count). The third kappa shape index (κ3) is 4.04. The number of anilines is 1. The SMILES string of the molecule is Cc1cc(C2(C#N)CC2)ccc1NC(=O)c1cccc(I)c1C(=O)NC(C)C. The first kappa shape index (κ1) is 20.3. The quantitative estimate of drug-likeness (QED) is 0.608. The normalized spacial score (nSPS) is 14.3. The van der Waals surface area contributed by atoms with Gasteiger partial charge in [-0.1, -0.05) is 18.2 Å². The van der Waals surface area contributed by atoms with Crippen molar-refractivity contribution in [2.75, 3.05) is 5.32 Å². The van der Waals surface area contributed by atoms with Crippen molar-refractivity contribution in [1.82, 2.24) is 5.32 Å². The summed E-state index contributed by atoms with van der Waals surface area (Å²) in [4.78, 5) is 25.5. The molecule has 0 radical (unpaired) electrons. The van der Waals surface area contributed by atoms with Gasteiger partial charge in [0, 0.05) is 15.3 Å². The van der Waals surface area contributed by atoms with Crippen LogP contribution in [0.2, 0.25) is 0 Å². The molecule has 0 heterocycles. The molecule has 2 N–H and O–H groups in total. The lowest BCUT2D eigenvalue weighted by Gasteiger charge is -2.16. The van der Waals surface area contributed by atoms with Crippen LogP contribution in [-0.4, -0.2) is 17.9 Å². The number of hydrogen-bond donors (Lipinski definition) is 2. The van der Waals surface area contributed by atoms with E-state index in [2.05, 4.69) is 39.3 Å². The van der Waals surface area contributed by atoms with Gasteiger partial charge in [-0.3, -0.25) is 9.59 Å². The fourth-order valence-corrected chi connectivity index (χ4v) is 3.90. The number of hydrogen-bond acceptors (Lipinski definition) is 3. The van der Waals surface area contributed by atoms with Crippen LogP contribution in [0.3, 0.4) is 0 Å².